The Morgan fingerprint density at radius 1 is 0.646 bits per heavy atom. The summed E-state index contributed by atoms with van der Waals surface area (Å²) in [5, 5.41) is 8.37. The number of thiazole rings is 2. The van der Waals surface area contributed by atoms with E-state index in [1.54, 1.807) is 22.7 Å². The van der Waals surface area contributed by atoms with Gasteiger partial charge in [0.1, 0.15) is 0 Å². The maximum absolute atomic E-state index is 12.7. The maximum atomic E-state index is 12.7. The third-order valence-corrected chi connectivity index (χ3v) is 12.2. The fraction of sp³-hybridized carbons (Fsp3) is 0.556. The predicted molar refractivity (Wildman–Crippen MR) is 200 cm³/mol. The molecular formula is C36H50N8O2S2. The van der Waals surface area contributed by atoms with Crippen molar-refractivity contribution < 1.29 is 9.59 Å². The van der Waals surface area contributed by atoms with Gasteiger partial charge in [-0.25, -0.2) is 19.6 Å². The molecule has 10 nitrogen and oxygen atoms in total. The summed E-state index contributed by atoms with van der Waals surface area (Å²) in [4.78, 5) is 43.6. The second-order valence-electron chi connectivity index (χ2n) is 13.2. The van der Waals surface area contributed by atoms with Crippen molar-refractivity contribution in [2.45, 2.75) is 76.3 Å². The number of rotatable bonds is 13. The summed E-state index contributed by atoms with van der Waals surface area (Å²) >= 11 is 3.47. The standard InChI is InChI=1S/C36H50N8O2S2/c1-41(35-39-29-13-7-9-15-31(29)47-35)27-17-23-43(24-18-27)33(45)37-21-11-5-3-4-6-12-22-38-34(46)44-25-19-28(20-26-44)42(2)36-40-30-14-8-10-16-32(30)48-36/h7-10,13-16,27-28H,3-6,11-12,17-26H2,1-2H3,(H,37,45)(H,38,46). The normalized spacial score (nSPS) is 16.0. The number of carbonyl (C=O) groups is 2. The third-order valence-electron chi connectivity index (χ3n) is 9.92. The lowest BCUT2D eigenvalue weighted by Gasteiger charge is -2.36. The summed E-state index contributed by atoms with van der Waals surface area (Å²) in [6.07, 6.45) is 10.4. The van der Waals surface area contributed by atoms with Gasteiger partial charge in [-0.15, -0.1) is 0 Å². The Hall–Kier alpha value is -3.64. The van der Waals surface area contributed by atoms with Crippen LogP contribution in [-0.2, 0) is 0 Å². The lowest BCUT2D eigenvalue weighted by Crippen LogP contribution is -2.49. The molecule has 2 aromatic carbocycles. The molecule has 4 aromatic rings. The van der Waals surface area contributed by atoms with Crippen LogP contribution in [0.25, 0.3) is 20.4 Å². The number of para-hydroxylation sites is 2. The highest BCUT2D eigenvalue weighted by Gasteiger charge is 2.28. The van der Waals surface area contributed by atoms with Crippen LogP contribution in [0.4, 0.5) is 19.9 Å². The van der Waals surface area contributed by atoms with Crippen LogP contribution >= 0.6 is 22.7 Å². The Balaban J connectivity index is 0.762. The zero-order valence-corrected chi connectivity index (χ0v) is 30.0. The second kappa shape index (κ2) is 16.6. The molecule has 0 bridgehead atoms. The van der Waals surface area contributed by atoms with Gasteiger partial charge in [0.05, 0.1) is 20.4 Å². The number of unbranched alkanes of at least 4 members (excludes halogenated alkanes) is 5. The lowest BCUT2D eigenvalue weighted by atomic mass is 10.0. The van der Waals surface area contributed by atoms with Gasteiger partial charge in [-0.3, -0.25) is 0 Å². The average molecular weight is 691 g/mol. The molecule has 0 spiro atoms. The van der Waals surface area contributed by atoms with Gasteiger partial charge in [-0.2, -0.15) is 0 Å². The van der Waals surface area contributed by atoms with Crippen molar-refractivity contribution in [1.82, 2.24) is 30.4 Å². The van der Waals surface area contributed by atoms with E-state index in [2.05, 4.69) is 70.9 Å². The number of aromatic nitrogens is 2. The van der Waals surface area contributed by atoms with Crippen LogP contribution in [-0.4, -0.2) is 97.3 Å². The topological polar surface area (TPSA) is 96.9 Å². The van der Waals surface area contributed by atoms with Crippen LogP contribution in [0.3, 0.4) is 0 Å². The number of nitrogens with one attached hydrogen (secondary N) is 2. The molecule has 48 heavy (non-hydrogen) atoms. The van der Waals surface area contributed by atoms with Crippen LogP contribution in [0, 0.1) is 0 Å². The number of hydrogen-bond acceptors (Lipinski definition) is 8. The number of fused-ring (bicyclic) bond motifs is 2. The van der Waals surface area contributed by atoms with Gasteiger partial charge in [0.15, 0.2) is 10.3 Å². The Bertz CT molecular complexity index is 1440. The third kappa shape index (κ3) is 8.68. The van der Waals surface area contributed by atoms with E-state index < -0.39 is 0 Å². The van der Waals surface area contributed by atoms with Crippen LogP contribution in [0.2, 0.25) is 0 Å². The summed E-state index contributed by atoms with van der Waals surface area (Å²) in [7, 11) is 4.26. The molecule has 2 aliphatic rings. The molecule has 2 aliphatic heterocycles. The summed E-state index contributed by atoms with van der Waals surface area (Å²) in [6.45, 7) is 4.58. The van der Waals surface area contributed by atoms with Gasteiger partial charge in [-0.05, 0) is 62.8 Å². The quantitative estimate of drug-likeness (QED) is 0.145. The van der Waals surface area contributed by atoms with E-state index in [1.807, 2.05) is 21.9 Å². The number of carbonyl (C=O) groups excluding carboxylic acids is 2. The zero-order chi connectivity index (χ0) is 33.3. The Morgan fingerprint density at radius 3 is 1.42 bits per heavy atom. The highest BCUT2D eigenvalue weighted by atomic mass is 32.1. The molecule has 0 unspecified atom stereocenters. The van der Waals surface area contributed by atoms with Gasteiger partial charge in [0, 0.05) is 65.4 Å². The second-order valence-corrected chi connectivity index (χ2v) is 15.2. The maximum Gasteiger partial charge on any atom is 0.317 e. The van der Waals surface area contributed by atoms with E-state index in [-0.39, 0.29) is 12.1 Å². The van der Waals surface area contributed by atoms with Crippen LogP contribution in [0.1, 0.15) is 64.2 Å². The minimum atomic E-state index is 0.0660. The first-order valence-corrected chi connectivity index (χ1v) is 19.3. The van der Waals surface area contributed by atoms with E-state index in [0.29, 0.717) is 12.1 Å². The monoisotopic (exact) mass is 690 g/mol. The minimum Gasteiger partial charge on any atom is -0.348 e. The van der Waals surface area contributed by atoms with Crippen molar-refractivity contribution in [2.24, 2.45) is 0 Å². The van der Waals surface area contributed by atoms with Crippen molar-refractivity contribution in [3.8, 4) is 0 Å². The fourth-order valence-electron chi connectivity index (χ4n) is 6.82. The van der Waals surface area contributed by atoms with Crippen molar-refractivity contribution in [3.05, 3.63) is 48.5 Å². The molecule has 0 saturated carbocycles. The van der Waals surface area contributed by atoms with Crippen molar-refractivity contribution >= 4 is 65.4 Å². The Kier molecular flexibility index (Phi) is 11.9. The van der Waals surface area contributed by atoms with Gasteiger partial charge < -0.3 is 30.2 Å². The number of benzene rings is 2. The average Bonchev–Trinajstić information content (AvgIpc) is 3.77. The minimum absolute atomic E-state index is 0.0660. The molecule has 258 valence electrons. The number of nitrogens with zero attached hydrogens (tertiary/aromatic N) is 6. The molecular weight excluding hydrogens is 641 g/mol. The summed E-state index contributed by atoms with van der Waals surface area (Å²) in [6, 6.07) is 17.5. The summed E-state index contributed by atoms with van der Waals surface area (Å²) < 4.78 is 2.43. The van der Waals surface area contributed by atoms with E-state index in [9.17, 15) is 9.59 Å². The molecule has 4 amide bonds. The highest BCUT2D eigenvalue weighted by Crippen LogP contribution is 2.32. The summed E-state index contributed by atoms with van der Waals surface area (Å²) in [5.74, 6) is 0. The Morgan fingerprint density at radius 2 is 1.02 bits per heavy atom. The first kappa shape index (κ1) is 34.2. The number of anilines is 2. The van der Waals surface area contributed by atoms with Crippen molar-refractivity contribution in [3.63, 3.8) is 0 Å². The molecule has 0 atom stereocenters. The van der Waals surface area contributed by atoms with Crippen molar-refractivity contribution in [1.29, 1.82) is 0 Å². The van der Waals surface area contributed by atoms with E-state index >= 15 is 0 Å². The zero-order valence-electron chi connectivity index (χ0n) is 28.4. The van der Waals surface area contributed by atoms with Gasteiger partial charge in [0.2, 0.25) is 0 Å². The molecule has 2 N–H and O–H groups in total. The largest absolute Gasteiger partial charge is 0.348 e. The Labute approximate surface area is 292 Å². The van der Waals surface area contributed by atoms with Crippen LogP contribution < -0.4 is 20.4 Å². The smallest absolute Gasteiger partial charge is 0.317 e. The molecule has 0 radical (unpaired) electrons. The number of likely N-dealkylation sites (tertiary alicyclic amines) is 2. The molecule has 4 heterocycles. The van der Waals surface area contributed by atoms with Gasteiger partial charge in [-0.1, -0.05) is 72.6 Å². The van der Waals surface area contributed by atoms with Gasteiger partial charge >= 0.3 is 12.1 Å². The SMILES string of the molecule is CN(c1nc2ccccc2s1)C1CCN(C(=O)NCCCCCCCCNC(=O)N2CCC(N(C)c3nc4ccccc4s3)CC2)CC1. The molecule has 2 aromatic heterocycles. The molecule has 6 rings (SSSR count). The molecule has 2 saturated heterocycles. The first-order valence-electron chi connectivity index (χ1n) is 17.7. The number of amides is 4. The predicted octanol–water partition coefficient (Wildman–Crippen LogP) is 7.17. The highest BCUT2D eigenvalue weighted by molar-refractivity contribution is 7.22. The molecule has 0 aliphatic carbocycles. The van der Waals surface area contributed by atoms with E-state index in [0.717, 1.165) is 125 Å². The van der Waals surface area contributed by atoms with Gasteiger partial charge in [0.25, 0.3) is 0 Å². The van der Waals surface area contributed by atoms with Crippen LogP contribution in [0.15, 0.2) is 48.5 Å². The van der Waals surface area contributed by atoms with E-state index in [4.69, 9.17) is 9.97 Å². The lowest BCUT2D eigenvalue weighted by molar-refractivity contribution is 0.180. The van der Waals surface area contributed by atoms with Crippen LogP contribution in [0.5, 0.6) is 0 Å². The van der Waals surface area contributed by atoms with E-state index in [1.165, 1.54) is 9.40 Å². The number of hydrogen-bond donors (Lipinski definition) is 2. The number of urea groups is 2. The fourth-order valence-corrected chi connectivity index (χ4v) is 8.82. The summed E-state index contributed by atoms with van der Waals surface area (Å²) in [5.41, 5.74) is 2.11. The molecule has 2 fully saturated rings. The number of piperidine rings is 2. The molecule has 12 heteroatoms. The van der Waals surface area contributed by atoms with Crippen molar-refractivity contribution in [2.75, 3.05) is 63.2 Å². The first-order chi connectivity index (χ1) is 23.5.